The smallest absolute Gasteiger partial charge is 0.411 e. The highest BCUT2D eigenvalue weighted by Crippen LogP contribution is 2.61. The monoisotopic (exact) mass is 556 g/mol. The van der Waals surface area contributed by atoms with Gasteiger partial charge in [0.25, 0.3) is 0 Å². The number of benzene rings is 1. The molecule has 10 heteroatoms. The Balaban J connectivity index is 1.50. The molecule has 4 rings (SSSR count). The quantitative estimate of drug-likeness (QED) is 0.410. The van der Waals surface area contributed by atoms with Gasteiger partial charge in [-0.2, -0.15) is 0 Å². The molecule has 7 atom stereocenters. The summed E-state index contributed by atoms with van der Waals surface area (Å²) in [5, 5.41) is 34.7. The first-order chi connectivity index (χ1) is 17.5. The number of hydrogen-bond donors (Lipinski definition) is 4. The standard InChI is InChI=1S/C27H38Cl2N2O6/c1-26-10-9-23(37-25(36)30-16-5-6-19(28)20(29)12-16)27(2,15-33)22(26)8-7-21(34)18(26)13-24(35)31-11-3-4-17(31)14-32/h5-6,12,17-18,21-23,32-34H,3-4,7-11,13-15H2,1-2H3,(H,30,36). The number of anilines is 1. The third kappa shape index (κ3) is 5.46. The van der Waals surface area contributed by atoms with Gasteiger partial charge in [0.05, 0.1) is 35.4 Å². The van der Waals surface area contributed by atoms with Crippen LogP contribution in [0.4, 0.5) is 10.5 Å². The summed E-state index contributed by atoms with van der Waals surface area (Å²) in [5.74, 6) is -0.377. The minimum absolute atomic E-state index is 0.0347. The average Bonchev–Trinajstić information content (AvgIpc) is 3.35. The maximum absolute atomic E-state index is 13.3. The van der Waals surface area contributed by atoms with Gasteiger partial charge in [0, 0.05) is 24.1 Å². The van der Waals surface area contributed by atoms with Crippen LogP contribution in [0.15, 0.2) is 18.2 Å². The fourth-order valence-electron chi connectivity index (χ4n) is 7.29. The summed E-state index contributed by atoms with van der Waals surface area (Å²) < 4.78 is 5.87. The molecule has 206 valence electrons. The van der Waals surface area contributed by atoms with Crippen LogP contribution in [0, 0.1) is 22.7 Å². The molecule has 2 aliphatic carbocycles. The van der Waals surface area contributed by atoms with Gasteiger partial charge in [0.1, 0.15) is 6.10 Å². The number of fused-ring (bicyclic) bond motifs is 1. The third-order valence-corrected chi connectivity index (χ3v) is 10.1. The summed E-state index contributed by atoms with van der Waals surface area (Å²) in [5.41, 5.74) is -0.711. The Hall–Kier alpha value is -1.58. The van der Waals surface area contributed by atoms with Crippen molar-refractivity contribution in [1.82, 2.24) is 4.90 Å². The van der Waals surface area contributed by atoms with E-state index >= 15 is 0 Å². The van der Waals surface area contributed by atoms with E-state index in [0.29, 0.717) is 48.0 Å². The molecule has 8 nitrogen and oxygen atoms in total. The molecule has 0 bridgehead atoms. The number of ether oxygens (including phenoxy) is 1. The lowest BCUT2D eigenvalue weighted by Crippen LogP contribution is -2.61. The van der Waals surface area contributed by atoms with Crippen LogP contribution >= 0.6 is 23.2 Å². The number of halogens is 2. The van der Waals surface area contributed by atoms with Crippen LogP contribution in [0.1, 0.15) is 58.8 Å². The van der Waals surface area contributed by atoms with Gasteiger partial charge in [0.15, 0.2) is 0 Å². The number of carbonyl (C=O) groups is 2. The van der Waals surface area contributed by atoms with Gasteiger partial charge in [-0.05, 0) is 74.0 Å². The van der Waals surface area contributed by atoms with E-state index in [-0.39, 0.29) is 43.4 Å². The van der Waals surface area contributed by atoms with Crippen LogP contribution in [0.3, 0.4) is 0 Å². The average molecular weight is 558 g/mol. The van der Waals surface area contributed by atoms with Crippen molar-refractivity contribution >= 4 is 40.9 Å². The predicted octanol–water partition coefficient (Wildman–Crippen LogP) is 4.47. The first kappa shape index (κ1) is 28.4. The van der Waals surface area contributed by atoms with Crippen molar-refractivity contribution in [1.29, 1.82) is 0 Å². The Morgan fingerprint density at radius 2 is 1.89 bits per heavy atom. The van der Waals surface area contributed by atoms with Crippen molar-refractivity contribution < 1.29 is 29.6 Å². The number of rotatable bonds is 6. The molecule has 1 heterocycles. The lowest BCUT2D eigenvalue weighted by Gasteiger charge is -2.60. The second kappa shape index (κ2) is 11.3. The topological polar surface area (TPSA) is 119 Å². The molecule has 2 amide bonds. The fraction of sp³-hybridized carbons (Fsp3) is 0.704. The van der Waals surface area contributed by atoms with Crippen molar-refractivity contribution in [2.24, 2.45) is 22.7 Å². The number of aliphatic hydroxyl groups excluding tert-OH is 3. The van der Waals surface area contributed by atoms with Gasteiger partial charge in [-0.15, -0.1) is 0 Å². The van der Waals surface area contributed by atoms with Crippen molar-refractivity contribution in [3.63, 3.8) is 0 Å². The molecular formula is C27H38Cl2N2O6. The van der Waals surface area contributed by atoms with Crippen molar-refractivity contribution in [3.8, 4) is 0 Å². The summed E-state index contributed by atoms with van der Waals surface area (Å²) in [4.78, 5) is 27.8. The molecule has 3 aliphatic rings. The van der Waals surface area contributed by atoms with Crippen molar-refractivity contribution in [2.75, 3.05) is 25.1 Å². The number of hydrogen-bond acceptors (Lipinski definition) is 6. The van der Waals surface area contributed by atoms with Crippen LogP contribution in [0.5, 0.6) is 0 Å². The van der Waals surface area contributed by atoms with E-state index < -0.39 is 29.1 Å². The van der Waals surface area contributed by atoms with E-state index in [1.165, 1.54) is 0 Å². The Morgan fingerprint density at radius 1 is 1.14 bits per heavy atom. The third-order valence-electron chi connectivity index (χ3n) is 9.39. The summed E-state index contributed by atoms with van der Waals surface area (Å²) in [6.45, 7) is 4.43. The van der Waals surface area contributed by atoms with Gasteiger partial charge in [0.2, 0.25) is 5.91 Å². The second-order valence-corrected chi connectivity index (χ2v) is 12.2. The maximum Gasteiger partial charge on any atom is 0.411 e. The van der Waals surface area contributed by atoms with E-state index in [2.05, 4.69) is 12.2 Å². The zero-order chi connectivity index (χ0) is 27.0. The normalized spacial score (nSPS) is 35.6. The van der Waals surface area contributed by atoms with Crippen molar-refractivity contribution in [2.45, 2.75) is 77.0 Å². The maximum atomic E-state index is 13.3. The number of carbonyl (C=O) groups excluding carboxylic acids is 2. The molecule has 1 aromatic carbocycles. The summed E-state index contributed by atoms with van der Waals surface area (Å²) >= 11 is 12.0. The van der Waals surface area contributed by atoms with Crippen molar-refractivity contribution in [3.05, 3.63) is 28.2 Å². The van der Waals surface area contributed by atoms with E-state index in [4.69, 9.17) is 27.9 Å². The largest absolute Gasteiger partial charge is 0.445 e. The van der Waals surface area contributed by atoms with E-state index in [1.807, 2.05) is 6.92 Å². The first-order valence-electron chi connectivity index (χ1n) is 13.2. The molecule has 0 radical (unpaired) electrons. The first-order valence-corrected chi connectivity index (χ1v) is 13.9. The zero-order valence-electron chi connectivity index (χ0n) is 21.5. The van der Waals surface area contributed by atoms with Crippen LogP contribution in [-0.2, 0) is 9.53 Å². The minimum Gasteiger partial charge on any atom is -0.445 e. The van der Waals surface area contributed by atoms with Gasteiger partial charge >= 0.3 is 6.09 Å². The molecular weight excluding hydrogens is 519 g/mol. The summed E-state index contributed by atoms with van der Waals surface area (Å²) in [6.07, 6.45) is 2.39. The molecule has 0 aromatic heterocycles. The summed E-state index contributed by atoms with van der Waals surface area (Å²) in [6, 6.07) is 4.60. The highest BCUT2D eigenvalue weighted by Gasteiger charge is 2.60. The second-order valence-electron chi connectivity index (χ2n) is 11.4. The Bertz CT molecular complexity index is 1010. The van der Waals surface area contributed by atoms with Crippen LogP contribution < -0.4 is 5.32 Å². The van der Waals surface area contributed by atoms with E-state index in [0.717, 1.165) is 12.8 Å². The van der Waals surface area contributed by atoms with Gasteiger partial charge in [-0.1, -0.05) is 37.0 Å². The highest BCUT2D eigenvalue weighted by molar-refractivity contribution is 6.42. The molecule has 1 aliphatic heterocycles. The van der Waals surface area contributed by atoms with Crippen LogP contribution in [0.25, 0.3) is 0 Å². The van der Waals surface area contributed by atoms with Gasteiger partial charge < -0.3 is 25.0 Å². The molecule has 4 N–H and O–H groups in total. The lowest BCUT2D eigenvalue weighted by atomic mass is 9.46. The molecule has 1 saturated heterocycles. The van der Waals surface area contributed by atoms with Crippen LogP contribution in [-0.4, -0.2) is 70.2 Å². The number of likely N-dealkylation sites (tertiary alicyclic amines) is 1. The lowest BCUT2D eigenvalue weighted by molar-refractivity contribution is -0.186. The molecule has 7 unspecified atom stereocenters. The van der Waals surface area contributed by atoms with Crippen LogP contribution in [0.2, 0.25) is 10.0 Å². The molecule has 3 fully saturated rings. The Labute approximate surface area is 228 Å². The Morgan fingerprint density at radius 3 is 2.57 bits per heavy atom. The molecule has 2 saturated carbocycles. The summed E-state index contributed by atoms with van der Waals surface area (Å²) in [7, 11) is 0. The Kier molecular flexibility index (Phi) is 8.65. The fourth-order valence-corrected chi connectivity index (χ4v) is 7.59. The van der Waals surface area contributed by atoms with Gasteiger partial charge in [-0.25, -0.2) is 4.79 Å². The molecule has 1 aromatic rings. The number of aliphatic hydroxyl groups is 3. The molecule has 0 spiro atoms. The zero-order valence-corrected chi connectivity index (χ0v) is 23.0. The predicted molar refractivity (Wildman–Crippen MR) is 142 cm³/mol. The van der Waals surface area contributed by atoms with E-state index in [1.54, 1.807) is 23.1 Å². The van der Waals surface area contributed by atoms with Gasteiger partial charge in [-0.3, -0.25) is 10.1 Å². The number of nitrogens with zero attached hydrogens (tertiary/aromatic N) is 1. The number of amides is 2. The highest BCUT2D eigenvalue weighted by atomic mass is 35.5. The molecule has 37 heavy (non-hydrogen) atoms. The number of nitrogens with one attached hydrogen (secondary N) is 1. The minimum atomic E-state index is -0.745. The van der Waals surface area contributed by atoms with E-state index in [9.17, 15) is 24.9 Å². The SMILES string of the molecule is CC1(CO)C(OC(=O)Nc2ccc(Cl)c(Cl)c2)CCC2(C)C(CC(=O)N3CCCC3CO)C(O)CCC12.